The molecule has 0 fully saturated rings. The van der Waals surface area contributed by atoms with Crippen LogP contribution in [0, 0.1) is 0 Å². The van der Waals surface area contributed by atoms with Crippen molar-refractivity contribution in [2.24, 2.45) is 0 Å². The number of hydrogen-bond acceptors (Lipinski definition) is 7. The summed E-state index contributed by atoms with van der Waals surface area (Å²) in [5.41, 5.74) is 0.659. The molecule has 0 radical (unpaired) electrons. The Morgan fingerprint density at radius 2 is 2.00 bits per heavy atom. The van der Waals surface area contributed by atoms with Crippen LogP contribution in [0.15, 0.2) is 46.1 Å². The number of nitrogens with one attached hydrogen (secondary N) is 1. The van der Waals surface area contributed by atoms with Gasteiger partial charge in [-0.2, -0.15) is 0 Å². The summed E-state index contributed by atoms with van der Waals surface area (Å²) in [6.45, 7) is 0. The zero-order chi connectivity index (χ0) is 14.0. The lowest BCUT2D eigenvalue weighted by atomic mass is 10.4. The quantitative estimate of drug-likeness (QED) is 0.797. The van der Waals surface area contributed by atoms with E-state index >= 15 is 0 Å². The fraction of sp³-hybridized carbons (Fsp3) is 0. The van der Waals surface area contributed by atoms with E-state index in [4.69, 9.17) is 0 Å². The maximum absolute atomic E-state index is 12.0. The van der Waals surface area contributed by atoms with Gasteiger partial charge in [-0.3, -0.25) is 9.71 Å². The summed E-state index contributed by atoms with van der Waals surface area (Å²) in [4.78, 5) is 4.14. The second kappa shape index (κ2) is 5.27. The van der Waals surface area contributed by atoms with Gasteiger partial charge < -0.3 is 0 Å². The lowest BCUT2D eigenvalue weighted by molar-refractivity contribution is 0.603. The topological polar surface area (TPSA) is 84.8 Å². The van der Waals surface area contributed by atoms with Crippen molar-refractivity contribution in [3.05, 3.63) is 41.9 Å². The van der Waals surface area contributed by atoms with Gasteiger partial charge in [0.1, 0.15) is 9.90 Å². The smallest absolute Gasteiger partial charge is 0.254 e. The van der Waals surface area contributed by atoms with Gasteiger partial charge in [-0.05, 0) is 23.6 Å². The molecule has 20 heavy (non-hydrogen) atoms. The average molecular weight is 324 g/mol. The van der Waals surface area contributed by atoms with Crippen molar-refractivity contribution >= 4 is 37.8 Å². The predicted octanol–water partition coefficient (Wildman–Crippen LogP) is 2.46. The molecule has 6 nitrogen and oxygen atoms in total. The molecule has 3 rings (SSSR count). The zero-order valence-electron chi connectivity index (χ0n) is 9.92. The summed E-state index contributed by atoms with van der Waals surface area (Å²) in [6.07, 6.45) is 1.65. The van der Waals surface area contributed by atoms with Crippen molar-refractivity contribution in [2.75, 3.05) is 4.72 Å². The Morgan fingerprint density at radius 3 is 2.70 bits per heavy atom. The molecule has 1 N–H and O–H groups in total. The first-order valence-corrected chi connectivity index (χ1v) is 8.64. The van der Waals surface area contributed by atoms with Crippen molar-refractivity contribution in [3.63, 3.8) is 0 Å². The molecule has 0 saturated heterocycles. The third-order valence-corrected chi connectivity index (χ3v) is 6.02. The highest BCUT2D eigenvalue weighted by Gasteiger charge is 2.18. The molecule has 0 aliphatic carbocycles. The van der Waals surface area contributed by atoms with E-state index < -0.39 is 10.0 Å². The summed E-state index contributed by atoms with van der Waals surface area (Å²) in [5, 5.41) is 10.3. The third-order valence-electron chi connectivity index (χ3n) is 2.29. The van der Waals surface area contributed by atoms with E-state index in [9.17, 15) is 8.42 Å². The highest BCUT2D eigenvalue weighted by Crippen LogP contribution is 2.27. The molecule has 0 saturated carbocycles. The lowest BCUT2D eigenvalue weighted by Gasteiger charge is -2.00. The number of rotatable bonds is 4. The molecule has 0 spiro atoms. The molecule has 102 valence electrons. The van der Waals surface area contributed by atoms with Crippen molar-refractivity contribution in [1.82, 2.24) is 15.2 Å². The lowest BCUT2D eigenvalue weighted by Crippen LogP contribution is -2.11. The largest absolute Gasteiger partial charge is 0.273 e. The van der Waals surface area contributed by atoms with Crippen LogP contribution >= 0.6 is 22.7 Å². The van der Waals surface area contributed by atoms with Crippen LogP contribution in [0.4, 0.5) is 5.13 Å². The maximum Gasteiger partial charge on any atom is 0.273 e. The first kappa shape index (κ1) is 13.2. The number of pyridine rings is 1. The van der Waals surface area contributed by atoms with Gasteiger partial charge in [-0.25, -0.2) is 8.42 Å². The van der Waals surface area contributed by atoms with Crippen molar-refractivity contribution in [1.29, 1.82) is 0 Å². The summed E-state index contributed by atoms with van der Waals surface area (Å²) in [7, 11) is -3.58. The van der Waals surface area contributed by atoms with Crippen LogP contribution in [-0.2, 0) is 10.0 Å². The van der Waals surface area contributed by atoms with E-state index in [1.165, 1.54) is 6.07 Å². The van der Waals surface area contributed by atoms with Crippen LogP contribution in [-0.4, -0.2) is 23.6 Å². The minimum atomic E-state index is -3.58. The standard InChI is InChI=1S/C11H8N4O2S3/c16-20(17,9-5-3-7-18-9)15-11-14-13-10(19-11)8-4-1-2-6-12-8/h1-7H,(H,14,15). The van der Waals surface area contributed by atoms with Crippen LogP contribution in [0.3, 0.4) is 0 Å². The number of hydrogen-bond donors (Lipinski definition) is 1. The number of nitrogens with zero attached hydrogens (tertiary/aromatic N) is 3. The van der Waals surface area contributed by atoms with Gasteiger partial charge >= 0.3 is 0 Å². The first-order valence-electron chi connectivity index (χ1n) is 5.46. The maximum atomic E-state index is 12.0. The van der Waals surface area contributed by atoms with E-state index in [1.807, 2.05) is 6.07 Å². The van der Waals surface area contributed by atoms with Crippen molar-refractivity contribution in [3.8, 4) is 10.7 Å². The summed E-state index contributed by atoms with van der Waals surface area (Å²) < 4.78 is 26.7. The monoisotopic (exact) mass is 324 g/mol. The van der Waals surface area contributed by atoms with Crippen LogP contribution in [0.25, 0.3) is 10.7 Å². The average Bonchev–Trinajstić information content (AvgIpc) is 3.10. The summed E-state index contributed by atoms with van der Waals surface area (Å²) in [6, 6.07) is 8.63. The molecule has 0 atom stereocenters. The Balaban J connectivity index is 1.85. The number of anilines is 1. The van der Waals surface area contributed by atoms with Crippen LogP contribution in [0.1, 0.15) is 0 Å². The molecule has 0 aliphatic heterocycles. The molecule has 3 aromatic rings. The predicted molar refractivity (Wildman–Crippen MR) is 78.3 cm³/mol. The van der Waals surface area contributed by atoms with E-state index in [2.05, 4.69) is 19.9 Å². The van der Waals surface area contributed by atoms with Crippen molar-refractivity contribution < 1.29 is 8.42 Å². The van der Waals surface area contributed by atoms with Gasteiger partial charge in [-0.1, -0.05) is 23.5 Å². The Hall–Kier alpha value is -1.84. The van der Waals surface area contributed by atoms with Gasteiger partial charge in [0.25, 0.3) is 10.0 Å². The minimum Gasteiger partial charge on any atom is -0.254 e. The highest BCUT2D eigenvalue weighted by atomic mass is 32.2. The van der Waals surface area contributed by atoms with Gasteiger partial charge in [0.05, 0.1) is 0 Å². The summed E-state index contributed by atoms with van der Waals surface area (Å²) >= 11 is 2.29. The molecule has 3 aromatic heterocycles. The molecule has 0 bridgehead atoms. The van der Waals surface area contributed by atoms with Crippen LogP contribution in [0.2, 0.25) is 0 Å². The Morgan fingerprint density at radius 1 is 1.10 bits per heavy atom. The molecular formula is C11H8N4O2S3. The number of sulfonamides is 1. The molecular weight excluding hydrogens is 316 g/mol. The second-order valence-corrected chi connectivity index (χ2v) is 7.50. The Labute approximate surface area is 123 Å². The third kappa shape index (κ3) is 2.69. The molecule has 0 amide bonds. The fourth-order valence-corrected chi connectivity index (χ4v) is 4.38. The normalized spacial score (nSPS) is 11.4. The van der Waals surface area contributed by atoms with Crippen LogP contribution < -0.4 is 4.72 Å². The Bertz CT molecular complexity index is 797. The first-order chi connectivity index (χ1) is 9.65. The number of aromatic nitrogens is 3. The SMILES string of the molecule is O=S(=O)(Nc1nnc(-c2ccccn2)s1)c1cccs1. The minimum absolute atomic E-state index is 0.221. The van der Waals surface area contributed by atoms with Gasteiger partial charge in [0, 0.05) is 6.20 Å². The van der Waals surface area contributed by atoms with E-state index in [-0.39, 0.29) is 9.34 Å². The Kier molecular flexibility index (Phi) is 3.47. The number of thiophene rings is 1. The highest BCUT2D eigenvalue weighted by molar-refractivity contribution is 7.94. The van der Waals surface area contributed by atoms with E-state index in [0.717, 1.165) is 22.7 Å². The van der Waals surface area contributed by atoms with Crippen LogP contribution in [0.5, 0.6) is 0 Å². The molecule has 0 unspecified atom stereocenters. The van der Waals surface area contributed by atoms with Gasteiger partial charge in [-0.15, -0.1) is 21.5 Å². The summed E-state index contributed by atoms with van der Waals surface area (Å²) in [5.74, 6) is 0. The molecule has 9 heteroatoms. The fourth-order valence-electron chi connectivity index (χ4n) is 1.44. The van der Waals surface area contributed by atoms with Gasteiger partial charge in [0.15, 0.2) is 5.01 Å². The molecule has 3 heterocycles. The van der Waals surface area contributed by atoms with Gasteiger partial charge in [0.2, 0.25) is 5.13 Å². The van der Waals surface area contributed by atoms with E-state index in [0.29, 0.717) is 10.7 Å². The van der Waals surface area contributed by atoms with Crippen molar-refractivity contribution in [2.45, 2.75) is 4.21 Å². The molecule has 0 aromatic carbocycles. The van der Waals surface area contributed by atoms with E-state index in [1.54, 1.807) is 29.8 Å². The zero-order valence-corrected chi connectivity index (χ0v) is 12.4. The second-order valence-electron chi connectivity index (χ2n) is 3.66. The molecule has 0 aliphatic rings.